The summed E-state index contributed by atoms with van der Waals surface area (Å²) in [6.45, 7) is 4.53. The van der Waals surface area contributed by atoms with E-state index in [9.17, 15) is 4.39 Å². The van der Waals surface area contributed by atoms with Crippen molar-refractivity contribution < 1.29 is 4.39 Å². The molecule has 1 aromatic carbocycles. The maximum atomic E-state index is 13.4. The molecule has 1 aliphatic heterocycles. The van der Waals surface area contributed by atoms with Gasteiger partial charge in [-0.15, -0.1) is 0 Å². The summed E-state index contributed by atoms with van der Waals surface area (Å²) in [5.74, 6) is 5.61. The topological polar surface area (TPSA) is 29.3 Å². The van der Waals surface area contributed by atoms with Crippen molar-refractivity contribution in [1.29, 1.82) is 0 Å². The molecule has 1 unspecified atom stereocenters. The number of hydrogen-bond acceptors (Lipinski definition) is 2. The highest BCUT2D eigenvalue weighted by Crippen LogP contribution is 2.24. The standard InChI is InChI=1S/C18H25FN2/c1-2-6-18-8-3-4-12-21(18)14-16-9-10-17(19)13-15(16)7-5-11-20/h9-10,13,18H,2-4,6,8,11-12,14,20H2,1H3. The lowest BCUT2D eigenvalue weighted by atomic mass is 9.96. The van der Waals surface area contributed by atoms with Crippen molar-refractivity contribution in [3.63, 3.8) is 0 Å². The molecule has 1 atom stereocenters. The van der Waals surface area contributed by atoms with Gasteiger partial charge in [0.2, 0.25) is 0 Å². The summed E-state index contributed by atoms with van der Waals surface area (Å²) in [5, 5.41) is 0. The van der Waals surface area contributed by atoms with Gasteiger partial charge >= 0.3 is 0 Å². The van der Waals surface area contributed by atoms with Crippen molar-refractivity contribution >= 4 is 0 Å². The number of piperidine rings is 1. The van der Waals surface area contributed by atoms with E-state index in [0.29, 0.717) is 12.6 Å². The third kappa shape index (κ3) is 4.56. The quantitative estimate of drug-likeness (QED) is 0.861. The summed E-state index contributed by atoms with van der Waals surface area (Å²) in [7, 11) is 0. The third-order valence-electron chi connectivity index (χ3n) is 4.14. The number of nitrogens with two attached hydrogens (primary N) is 1. The third-order valence-corrected chi connectivity index (χ3v) is 4.14. The van der Waals surface area contributed by atoms with Gasteiger partial charge in [-0.25, -0.2) is 4.39 Å². The smallest absolute Gasteiger partial charge is 0.124 e. The number of halogens is 1. The van der Waals surface area contributed by atoms with E-state index in [1.54, 1.807) is 0 Å². The first-order chi connectivity index (χ1) is 10.2. The van der Waals surface area contributed by atoms with Crippen LogP contribution < -0.4 is 5.73 Å². The minimum atomic E-state index is -0.233. The van der Waals surface area contributed by atoms with Gasteiger partial charge in [-0.3, -0.25) is 4.90 Å². The molecule has 0 saturated carbocycles. The van der Waals surface area contributed by atoms with E-state index in [1.807, 2.05) is 6.07 Å². The molecule has 114 valence electrons. The van der Waals surface area contributed by atoms with Gasteiger partial charge < -0.3 is 5.73 Å². The SMILES string of the molecule is CCCC1CCCCN1Cc1ccc(F)cc1C#CCN. The fraction of sp³-hybridized carbons (Fsp3) is 0.556. The molecule has 0 radical (unpaired) electrons. The number of nitrogens with zero attached hydrogens (tertiary/aromatic N) is 1. The Kier molecular flexibility index (Phi) is 6.22. The fourth-order valence-corrected chi connectivity index (χ4v) is 3.10. The molecule has 3 heteroatoms. The summed E-state index contributed by atoms with van der Waals surface area (Å²) in [6, 6.07) is 5.58. The second-order valence-electron chi connectivity index (χ2n) is 5.72. The number of hydrogen-bond donors (Lipinski definition) is 1. The molecule has 1 fully saturated rings. The molecule has 1 aliphatic rings. The second-order valence-corrected chi connectivity index (χ2v) is 5.72. The zero-order valence-electron chi connectivity index (χ0n) is 12.9. The van der Waals surface area contributed by atoms with Crippen LogP contribution >= 0.6 is 0 Å². The Bertz CT molecular complexity index is 514. The van der Waals surface area contributed by atoms with Gasteiger partial charge in [0.05, 0.1) is 6.54 Å². The van der Waals surface area contributed by atoms with Crippen LogP contribution in [0.2, 0.25) is 0 Å². The second kappa shape index (κ2) is 8.17. The minimum Gasteiger partial charge on any atom is -0.320 e. The lowest BCUT2D eigenvalue weighted by Gasteiger charge is -2.36. The van der Waals surface area contributed by atoms with Crippen molar-refractivity contribution in [2.45, 2.75) is 51.6 Å². The fourth-order valence-electron chi connectivity index (χ4n) is 3.10. The summed E-state index contributed by atoms with van der Waals surface area (Å²) in [4.78, 5) is 2.54. The largest absolute Gasteiger partial charge is 0.320 e. The molecule has 1 heterocycles. The average Bonchev–Trinajstić information content (AvgIpc) is 2.49. The van der Waals surface area contributed by atoms with Gasteiger partial charge in [-0.2, -0.15) is 0 Å². The molecule has 2 nitrogen and oxygen atoms in total. The molecular formula is C18H25FN2. The van der Waals surface area contributed by atoms with E-state index in [0.717, 1.165) is 24.2 Å². The van der Waals surface area contributed by atoms with Gasteiger partial charge in [0.1, 0.15) is 5.82 Å². The summed E-state index contributed by atoms with van der Waals surface area (Å²) >= 11 is 0. The van der Waals surface area contributed by atoms with Crippen molar-refractivity contribution in [1.82, 2.24) is 4.90 Å². The minimum absolute atomic E-state index is 0.233. The molecule has 21 heavy (non-hydrogen) atoms. The molecule has 0 spiro atoms. The van der Waals surface area contributed by atoms with Crippen molar-refractivity contribution in [3.8, 4) is 11.8 Å². The predicted molar refractivity (Wildman–Crippen MR) is 85.3 cm³/mol. The Morgan fingerprint density at radius 1 is 1.38 bits per heavy atom. The van der Waals surface area contributed by atoms with Gasteiger partial charge in [-0.1, -0.05) is 37.7 Å². The van der Waals surface area contributed by atoms with Crippen LogP contribution in [0, 0.1) is 17.7 Å². The Morgan fingerprint density at radius 2 is 2.24 bits per heavy atom. The maximum absolute atomic E-state index is 13.4. The highest BCUT2D eigenvalue weighted by molar-refractivity contribution is 5.42. The number of rotatable bonds is 4. The molecule has 2 rings (SSSR count). The molecule has 1 saturated heterocycles. The van der Waals surface area contributed by atoms with Crippen LogP contribution in [0.4, 0.5) is 4.39 Å². The molecule has 0 aromatic heterocycles. The van der Waals surface area contributed by atoms with Crippen LogP contribution in [0.3, 0.4) is 0 Å². The van der Waals surface area contributed by atoms with Gasteiger partial charge in [0, 0.05) is 18.2 Å². The van der Waals surface area contributed by atoms with Crippen LogP contribution in [-0.2, 0) is 6.54 Å². The number of likely N-dealkylation sites (tertiary alicyclic amines) is 1. The predicted octanol–water partition coefficient (Wildman–Crippen LogP) is 3.29. The Balaban J connectivity index is 2.17. The van der Waals surface area contributed by atoms with Gasteiger partial charge in [-0.05, 0) is 43.5 Å². The van der Waals surface area contributed by atoms with Gasteiger partial charge in [0.25, 0.3) is 0 Å². The summed E-state index contributed by atoms with van der Waals surface area (Å²) < 4.78 is 13.4. The lowest BCUT2D eigenvalue weighted by molar-refractivity contribution is 0.131. The summed E-state index contributed by atoms with van der Waals surface area (Å²) in [6.07, 6.45) is 6.31. The Labute approximate surface area is 127 Å². The molecular weight excluding hydrogens is 263 g/mol. The first kappa shape index (κ1) is 16.0. The normalized spacial score (nSPS) is 19.1. The van der Waals surface area contributed by atoms with Crippen molar-refractivity contribution in [2.24, 2.45) is 5.73 Å². The van der Waals surface area contributed by atoms with Crippen LogP contribution in [0.5, 0.6) is 0 Å². The molecule has 0 bridgehead atoms. The van der Waals surface area contributed by atoms with Crippen molar-refractivity contribution in [3.05, 3.63) is 35.1 Å². The monoisotopic (exact) mass is 288 g/mol. The lowest BCUT2D eigenvalue weighted by Crippen LogP contribution is -2.38. The first-order valence-corrected chi connectivity index (χ1v) is 7.96. The Morgan fingerprint density at radius 3 is 3.00 bits per heavy atom. The van der Waals surface area contributed by atoms with Crippen LogP contribution in [0.1, 0.15) is 50.2 Å². The van der Waals surface area contributed by atoms with Crippen molar-refractivity contribution in [2.75, 3.05) is 13.1 Å². The van der Waals surface area contributed by atoms with E-state index < -0.39 is 0 Å². The van der Waals surface area contributed by atoms with E-state index in [2.05, 4.69) is 23.7 Å². The molecule has 2 N–H and O–H groups in total. The van der Waals surface area contributed by atoms with Crippen LogP contribution in [0.15, 0.2) is 18.2 Å². The average molecular weight is 288 g/mol. The number of benzene rings is 1. The van der Waals surface area contributed by atoms with E-state index in [-0.39, 0.29) is 5.82 Å². The van der Waals surface area contributed by atoms with Crippen LogP contribution in [-0.4, -0.2) is 24.0 Å². The highest BCUT2D eigenvalue weighted by Gasteiger charge is 2.22. The Hall–Kier alpha value is -1.37. The van der Waals surface area contributed by atoms with E-state index >= 15 is 0 Å². The van der Waals surface area contributed by atoms with E-state index in [4.69, 9.17) is 5.73 Å². The maximum Gasteiger partial charge on any atom is 0.124 e. The summed E-state index contributed by atoms with van der Waals surface area (Å²) in [5.41, 5.74) is 7.32. The molecule has 0 amide bonds. The molecule has 1 aromatic rings. The van der Waals surface area contributed by atoms with Crippen LogP contribution in [0.25, 0.3) is 0 Å². The first-order valence-electron chi connectivity index (χ1n) is 7.96. The highest BCUT2D eigenvalue weighted by atomic mass is 19.1. The zero-order valence-corrected chi connectivity index (χ0v) is 12.9. The van der Waals surface area contributed by atoms with Gasteiger partial charge in [0.15, 0.2) is 0 Å². The van der Waals surface area contributed by atoms with E-state index in [1.165, 1.54) is 44.2 Å². The zero-order chi connectivity index (χ0) is 15.1. The molecule has 0 aliphatic carbocycles.